The molecule has 22 heavy (non-hydrogen) atoms. The predicted molar refractivity (Wildman–Crippen MR) is 77.0 cm³/mol. The minimum Gasteiger partial charge on any atom is -0.296 e. The van der Waals surface area contributed by atoms with E-state index in [9.17, 15) is 18.0 Å². The molecule has 0 aliphatic carbocycles. The first-order valence-electron chi connectivity index (χ1n) is 5.87. The number of thiophene rings is 1. The van der Waals surface area contributed by atoms with E-state index in [1.165, 1.54) is 17.4 Å². The van der Waals surface area contributed by atoms with Crippen molar-refractivity contribution in [3.63, 3.8) is 0 Å². The van der Waals surface area contributed by atoms with Gasteiger partial charge in [0.2, 0.25) is 0 Å². The minimum absolute atomic E-state index is 0.0761. The lowest BCUT2D eigenvalue weighted by atomic mass is 10.3. The highest BCUT2D eigenvalue weighted by Crippen LogP contribution is 2.31. The summed E-state index contributed by atoms with van der Waals surface area (Å²) in [6.07, 6.45) is -4.53. The van der Waals surface area contributed by atoms with Crippen molar-refractivity contribution in [3.8, 4) is 10.6 Å². The summed E-state index contributed by atoms with van der Waals surface area (Å²) in [5, 5.41) is 11.5. The first-order valence-corrected chi connectivity index (χ1v) is 7.63. The molecular weight excluding hydrogens is 337 g/mol. The van der Waals surface area contributed by atoms with Gasteiger partial charge >= 0.3 is 6.18 Å². The fraction of sp³-hybridized carbons (Fsp3) is 0.0833. The first-order chi connectivity index (χ1) is 10.4. The maximum atomic E-state index is 12.4. The molecule has 0 saturated heterocycles. The summed E-state index contributed by atoms with van der Waals surface area (Å²) in [5.74, 6) is -0.623. The van der Waals surface area contributed by atoms with Gasteiger partial charge in [-0.2, -0.15) is 18.3 Å². The molecule has 0 unspecified atom stereocenters. The second kappa shape index (κ2) is 5.54. The van der Waals surface area contributed by atoms with Crippen LogP contribution in [-0.4, -0.2) is 21.1 Å². The number of hydrogen-bond donors (Lipinski definition) is 2. The summed E-state index contributed by atoms with van der Waals surface area (Å²) in [6.45, 7) is 0. The summed E-state index contributed by atoms with van der Waals surface area (Å²) in [6, 6.07) is 5.24. The first kappa shape index (κ1) is 14.7. The van der Waals surface area contributed by atoms with Crippen LogP contribution in [-0.2, 0) is 6.18 Å². The Bertz CT molecular complexity index is 792. The Hall–Kier alpha value is -2.20. The van der Waals surface area contributed by atoms with E-state index in [0.717, 1.165) is 10.3 Å². The van der Waals surface area contributed by atoms with E-state index in [0.29, 0.717) is 17.0 Å². The molecule has 0 atom stereocenters. The summed E-state index contributed by atoms with van der Waals surface area (Å²) in [4.78, 5) is 16.2. The van der Waals surface area contributed by atoms with Crippen molar-refractivity contribution in [1.29, 1.82) is 0 Å². The Morgan fingerprint density at radius 2 is 2.14 bits per heavy atom. The molecule has 10 heteroatoms. The zero-order valence-corrected chi connectivity index (χ0v) is 12.3. The molecule has 0 saturated carbocycles. The van der Waals surface area contributed by atoms with Crippen LogP contribution < -0.4 is 5.32 Å². The number of carbonyl (C=O) groups excluding carboxylic acids is 1. The van der Waals surface area contributed by atoms with Gasteiger partial charge in [-0.15, -0.1) is 22.7 Å². The molecule has 1 amide bonds. The molecule has 0 radical (unpaired) electrons. The van der Waals surface area contributed by atoms with Gasteiger partial charge in [-0.05, 0) is 17.5 Å². The molecule has 3 rings (SSSR count). The highest BCUT2D eigenvalue weighted by Gasteiger charge is 2.34. The third-order valence-corrected chi connectivity index (χ3v) is 4.27. The molecule has 3 aromatic rings. The van der Waals surface area contributed by atoms with E-state index in [4.69, 9.17) is 0 Å². The maximum absolute atomic E-state index is 12.4. The number of nitrogens with one attached hydrogen (secondary N) is 2. The molecule has 0 aliphatic rings. The number of carbonyl (C=O) groups is 1. The van der Waals surface area contributed by atoms with Crippen LogP contribution >= 0.6 is 22.7 Å². The number of H-pyrrole nitrogens is 1. The van der Waals surface area contributed by atoms with Gasteiger partial charge in [0.25, 0.3) is 5.91 Å². The fourth-order valence-corrected chi connectivity index (χ4v) is 3.02. The van der Waals surface area contributed by atoms with Crippen LogP contribution in [0.15, 0.2) is 29.0 Å². The zero-order chi connectivity index (χ0) is 15.7. The highest BCUT2D eigenvalue weighted by atomic mass is 32.1. The quantitative estimate of drug-likeness (QED) is 0.758. The van der Waals surface area contributed by atoms with E-state index >= 15 is 0 Å². The lowest BCUT2D eigenvalue weighted by Gasteiger charge is -2.00. The van der Waals surface area contributed by atoms with Gasteiger partial charge in [0.15, 0.2) is 16.5 Å². The standard InChI is InChI=1S/C12H7F3N4OS2/c13-12(14,15)9-5-22-11(16-9)17-10(20)7-4-6(18-19-7)8-2-1-3-21-8/h1-5H,(H,18,19)(H,16,17,20). The summed E-state index contributed by atoms with van der Waals surface area (Å²) in [7, 11) is 0. The van der Waals surface area contributed by atoms with Crippen LogP contribution in [0.3, 0.4) is 0 Å². The number of aromatic amines is 1. The lowest BCUT2D eigenvalue weighted by Crippen LogP contribution is -2.13. The lowest BCUT2D eigenvalue weighted by molar-refractivity contribution is -0.140. The van der Waals surface area contributed by atoms with Gasteiger partial charge in [0, 0.05) is 5.38 Å². The number of thiazole rings is 1. The van der Waals surface area contributed by atoms with Crippen LogP contribution in [0.2, 0.25) is 0 Å². The number of aromatic nitrogens is 3. The topological polar surface area (TPSA) is 70.7 Å². The summed E-state index contributed by atoms with van der Waals surface area (Å²) < 4.78 is 37.3. The van der Waals surface area contributed by atoms with Crippen molar-refractivity contribution < 1.29 is 18.0 Å². The minimum atomic E-state index is -4.53. The number of amides is 1. The smallest absolute Gasteiger partial charge is 0.296 e. The van der Waals surface area contributed by atoms with Crippen LogP contribution in [0, 0.1) is 0 Å². The zero-order valence-electron chi connectivity index (χ0n) is 10.6. The molecule has 3 heterocycles. The monoisotopic (exact) mass is 344 g/mol. The SMILES string of the molecule is O=C(Nc1nc(C(F)(F)F)cs1)c1cc(-c2cccs2)[nH]n1. The fourth-order valence-electron chi connectivity index (χ4n) is 1.62. The largest absolute Gasteiger partial charge is 0.434 e. The molecule has 3 aromatic heterocycles. The van der Waals surface area contributed by atoms with Crippen molar-refractivity contribution in [1.82, 2.24) is 15.2 Å². The number of halogens is 3. The third-order valence-electron chi connectivity index (χ3n) is 2.61. The molecular formula is C12H7F3N4OS2. The Labute approximate surface area is 129 Å². The van der Waals surface area contributed by atoms with E-state index in [2.05, 4.69) is 20.5 Å². The van der Waals surface area contributed by atoms with E-state index in [1.54, 1.807) is 0 Å². The van der Waals surface area contributed by atoms with Gasteiger partial charge in [-0.25, -0.2) is 4.98 Å². The maximum Gasteiger partial charge on any atom is 0.434 e. The third kappa shape index (κ3) is 3.02. The second-order valence-corrected chi connectivity index (χ2v) is 5.94. The van der Waals surface area contributed by atoms with Gasteiger partial charge in [-0.1, -0.05) is 6.07 Å². The van der Waals surface area contributed by atoms with Crippen molar-refractivity contribution in [3.05, 3.63) is 40.3 Å². The number of alkyl halides is 3. The van der Waals surface area contributed by atoms with Crippen molar-refractivity contribution in [2.24, 2.45) is 0 Å². The van der Waals surface area contributed by atoms with Crippen LogP contribution in [0.5, 0.6) is 0 Å². The summed E-state index contributed by atoms with van der Waals surface area (Å²) >= 11 is 2.18. The van der Waals surface area contributed by atoms with Crippen molar-refractivity contribution in [2.75, 3.05) is 5.32 Å². The van der Waals surface area contributed by atoms with Gasteiger partial charge in [-0.3, -0.25) is 15.2 Å². The van der Waals surface area contributed by atoms with Crippen LogP contribution in [0.25, 0.3) is 10.6 Å². The Kier molecular flexibility index (Phi) is 3.71. The highest BCUT2D eigenvalue weighted by molar-refractivity contribution is 7.14. The average molecular weight is 344 g/mol. The molecule has 114 valence electrons. The average Bonchev–Trinajstić information content (AvgIpc) is 3.18. The predicted octanol–water partition coefficient (Wildman–Crippen LogP) is 3.87. The Balaban J connectivity index is 1.74. The van der Waals surface area contributed by atoms with Gasteiger partial charge in [0.1, 0.15) is 0 Å². The molecule has 0 fully saturated rings. The van der Waals surface area contributed by atoms with E-state index in [-0.39, 0.29) is 10.8 Å². The van der Waals surface area contributed by atoms with Crippen molar-refractivity contribution >= 4 is 33.7 Å². The normalized spacial score (nSPS) is 11.6. The Morgan fingerprint density at radius 3 is 2.77 bits per heavy atom. The number of nitrogens with zero attached hydrogens (tertiary/aromatic N) is 2. The molecule has 2 N–H and O–H groups in total. The molecule has 0 spiro atoms. The van der Waals surface area contributed by atoms with Crippen LogP contribution in [0.4, 0.5) is 18.3 Å². The molecule has 0 bridgehead atoms. The molecule has 0 aliphatic heterocycles. The summed E-state index contributed by atoms with van der Waals surface area (Å²) in [5.41, 5.74) is -0.295. The van der Waals surface area contributed by atoms with Gasteiger partial charge < -0.3 is 0 Å². The molecule has 0 aromatic carbocycles. The molecule has 5 nitrogen and oxygen atoms in total. The van der Waals surface area contributed by atoms with Crippen molar-refractivity contribution in [2.45, 2.75) is 6.18 Å². The van der Waals surface area contributed by atoms with E-state index in [1.807, 2.05) is 17.5 Å². The van der Waals surface area contributed by atoms with Gasteiger partial charge in [0.05, 0.1) is 10.6 Å². The van der Waals surface area contributed by atoms with Crippen LogP contribution in [0.1, 0.15) is 16.2 Å². The number of rotatable bonds is 3. The second-order valence-electron chi connectivity index (χ2n) is 4.13. The Morgan fingerprint density at radius 1 is 1.32 bits per heavy atom. The van der Waals surface area contributed by atoms with E-state index < -0.39 is 17.8 Å². The number of hydrogen-bond acceptors (Lipinski definition) is 5. The number of anilines is 1.